The number of piperazine rings is 1. The summed E-state index contributed by atoms with van der Waals surface area (Å²) in [5, 5.41) is 0. The molecule has 0 aliphatic carbocycles. The molecular formula is C34H39N5O6S. The van der Waals surface area contributed by atoms with Gasteiger partial charge in [-0.3, -0.25) is 14.6 Å². The minimum atomic E-state index is -4.34. The van der Waals surface area contributed by atoms with Gasteiger partial charge in [-0.25, -0.2) is 12.7 Å². The fourth-order valence-corrected chi connectivity index (χ4v) is 6.89. The molecule has 4 aromatic rings. The summed E-state index contributed by atoms with van der Waals surface area (Å²) in [6.07, 6.45) is 0.782. The molecule has 1 N–H and O–H groups in total. The highest BCUT2D eigenvalue weighted by molar-refractivity contribution is 7.92. The van der Waals surface area contributed by atoms with Gasteiger partial charge in [-0.2, -0.15) is 4.98 Å². The van der Waals surface area contributed by atoms with E-state index in [-0.39, 0.29) is 33.6 Å². The van der Waals surface area contributed by atoms with E-state index in [1.54, 1.807) is 60.4 Å². The number of hydrogen-bond acceptors (Lipinski definition) is 8. The number of nitrogens with zero attached hydrogens (tertiary/aromatic N) is 4. The molecule has 1 aliphatic rings. The molecule has 0 bridgehead atoms. The van der Waals surface area contributed by atoms with Gasteiger partial charge in [-0.15, -0.1) is 0 Å². The van der Waals surface area contributed by atoms with Gasteiger partial charge in [-0.1, -0.05) is 75.4 Å². The molecule has 2 heterocycles. The van der Waals surface area contributed by atoms with Gasteiger partial charge >= 0.3 is 0 Å². The molecule has 0 spiro atoms. The standard InChI is InChI=1S/C34H39N5O6S/c1-24(25-11-7-6-8-12-25)39(46(42,43)27-17-15-26(16-18-27)34(2,3)4)31-30(45-29-14-10-9-13-28(29)44-5)32(41)36-33(35-31)38-21-19-37(23-40)20-22-38/h6-18,23-24H,19-22H2,1-5H3,(H,35,36,41). The van der Waals surface area contributed by atoms with E-state index in [1.165, 1.54) is 7.11 Å². The van der Waals surface area contributed by atoms with Crippen LogP contribution in [-0.2, 0) is 20.2 Å². The number of para-hydroxylation sites is 2. The van der Waals surface area contributed by atoms with E-state index in [4.69, 9.17) is 14.5 Å². The number of aromatic amines is 1. The topological polar surface area (TPSA) is 125 Å². The Kier molecular flexibility index (Phi) is 9.38. The van der Waals surface area contributed by atoms with Crippen molar-refractivity contribution < 1.29 is 22.7 Å². The lowest BCUT2D eigenvalue weighted by atomic mass is 9.87. The maximum absolute atomic E-state index is 14.8. The number of carbonyl (C=O) groups excluding carboxylic acids is 1. The number of carbonyl (C=O) groups is 1. The van der Waals surface area contributed by atoms with Gasteiger partial charge in [0.05, 0.1) is 18.0 Å². The van der Waals surface area contributed by atoms with Gasteiger partial charge in [-0.05, 0) is 47.7 Å². The van der Waals surface area contributed by atoms with Crippen molar-refractivity contribution in [3.63, 3.8) is 0 Å². The van der Waals surface area contributed by atoms with Gasteiger partial charge in [0.25, 0.3) is 15.6 Å². The Morgan fingerprint density at radius 2 is 1.52 bits per heavy atom. The van der Waals surface area contributed by atoms with Crippen LogP contribution in [0.3, 0.4) is 0 Å². The summed E-state index contributed by atoms with van der Waals surface area (Å²) in [6.45, 7) is 9.53. The number of ether oxygens (including phenoxy) is 2. The monoisotopic (exact) mass is 645 g/mol. The van der Waals surface area contributed by atoms with Crippen molar-refractivity contribution in [3.8, 4) is 17.2 Å². The molecule has 1 aromatic heterocycles. The summed E-state index contributed by atoms with van der Waals surface area (Å²) in [6, 6.07) is 21.9. The number of H-pyrrole nitrogens is 1. The van der Waals surface area contributed by atoms with Crippen molar-refractivity contribution in [1.82, 2.24) is 14.9 Å². The Bertz CT molecular complexity index is 1830. The van der Waals surface area contributed by atoms with Crippen LogP contribution in [0.1, 0.15) is 44.9 Å². The molecule has 1 unspecified atom stereocenters. The van der Waals surface area contributed by atoms with Crippen molar-refractivity contribution >= 4 is 28.2 Å². The molecule has 12 heteroatoms. The minimum absolute atomic E-state index is 0.0368. The summed E-state index contributed by atoms with van der Waals surface area (Å²) in [5.74, 6) is 0.243. The largest absolute Gasteiger partial charge is 0.493 e. The van der Waals surface area contributed by atoms with Crippen LogP contribution in [0.2, 0.25) is 0 Å². The molecule has 1 amide bonds. The number of methoxy groups -OCH3 is 1. The first kappa shape index (κ1) is 32.6. The van der Waals surface area contributed by atoms with Crippen LogP contribution in [-0.4, -0.2) is 63.0 Å². The van der Waals surface area contributed by atoms with E-state index in [9.17, 15) is 18.0 Å². The third kappa shape index (κ3) is 6.71. The number of rotatable bonds is 10. The van der Waals surface area contributed by atoms with Gasteiger partial charge < -0.3 is 19.3 Å². The first-order chi connectivity index (χ1) is 21.9. The predicted octanol–water partition coefficient (Wildman–Crippen LogP) is 5.10. The van der Waals surface area contributed by atoms with Crippen molar-refractivity contribution in [2.75, 3.05) is 42.5 Å². The lowest BCUT2D eigenvalue weighted by Crippen LogP contribution is -2.47. The number of anilines is 2. The van der Waals surface area contributed by atoms with Gasteiger partial charge in [0.15, 0.2) is 17.3 Å². The zero-order valence-corrected chi connectivity index (χ0v) is 27.5. The van der Waals surface area contributed by atoms with E-state index in [1.807, 2.05) is 35.2 Å². The van der Waals surface area contributed by atoms with Gasteiger partial charge in [0, 0.05) is 26.2 Å². The maximum Gasteiger partial charge on any atom is 0.297 e. The summed E-state index contributed by atoms with van der Waals surface area (Å²) in [4.78, 5) is 36.3. The van der Waals surface area contributed by atoms with Crippen LogP contribution < -0.4 is 24.2 Å². The number of nitrogens with one attached hydrogen (secondary N) is 1. The summed E-state index contributed by atoms with van der Waals surface area (Å²) < 4.78 is 42.3. The molecule has 5 rings (SSSR count). The second-order valence-corrected chi connectivity index (χ2v) is 13.9. The molecule has 11 nitrogen and oxygen atoms in total. The molecule has 0 saturated carbocycles. The fourth-order valence-electron chi connectivity index (χ4n) is 5.30. The summed E-state index contributed by atoms with van der Waals surface area (Å²) in [7, 11) is -2.86. The quantitative estimate of drug-likeness (QED) is 0.236. The molecule has 46 heavy (non-hydrogen) atoms. The van der Waals surface area contributed by atoms with E-state index in [0.717, 1.165) is 16.3 Å². The second-order valence-electron chi connectivity index (χ2n) is 12.1. The van der Waals surface area contributed by atoms with Crippen LogP contribution in [0.5, 0.6) is 17.2 Å². The fraction of sp³-hybridized carbons (Fsp3) is 0.324. The zero-order valence-electron chi connectivity index (χ0n) is 26.6. The molecule has 3 aromatic carbocycles. The molecule has 1 fully saturated rings. The third-order valence-corrected chi connectivity index (χ3v) is 9.89. The minimum Gasteiger partial charge on any atom is -0.493 e. The highest BCUT2D eigenvalue weighted by Crippen LogP contribution is 2.40. The molecule has 242 valence electrons. The Labute approximate surface area is 269 Å². The van der Waals surface area contributed by atoms with Crippen LogP contribution in [0.4, 0.5) is 11.8 Å². The predicted molar refractivity (Wildman–Crippen MR) is 177 cm³/mol. The second kappa shape index (κ2) is 13.3. The number of benzene rings is 3. The SMILES string of the molecule is COc1ccccc1Oc1c(N(C(C)c2ccccc2)S(=O)(=O)c2ccc(C(C)(C)C)cc2)nc(N2CCN(C=O)CC2)[nH]c1=O. The lowest BCUT2D eigenvalue weighted by molar-refractivity contribution is -0.118. The Morgan fingerprint density at radius 3 is 2.11 bits per heavy atom. The number of sulfonamides is 1. The first-order valence-corrected chi connectivity index (χ1v) is 16.5. The Hall–Kier alpha value is -4.84. The van der Waals surface area contributed by atoms with E-state index in [2.05, 4.69) is 25.8 Å². The highest BCUT2D eigenvalue weighted by atomic mass is 32.2. The first-order valence-electron chi connectivity index (χ1n) is 15.0. The summed E-state index contributed by atoms with van der Waals surface area (Å²) in [5.41, 5.74) is 0.794. The number of aromatic nitrogens is 2. The maximum atomic E-state index is 14.8. The van der Waals surface area contributed by atoms with Crippen molar-refractivity contribution in [2.24, 2.45) is 0 Å². The molecule has 1 aliphatic heterocycles. The normalized spacial score (nSPS) is 14.5. The van der Waals surface area contributed by atoms with Crippen LogP contribution in [0, 0.1) is 0 Å². The van der Waals surface area contributed by atoms with Crippen LogP contribution in [0.25, 0.3) is 0 Å². The van der Waals surface area contributed by atoms with Crippen LogP contribution >= 0.6 is 0 Å². The summed E-state index contributed by atoms with van der Waals surface area (Å²) >= 11 is 0. The molecular weight excluding hydrogens is 606 g/mol. The molecule has 0 radical (unpaired) electrons. The molecule has 1 atom stereocenters. The Balaban J connectivity index is 1.73. The Morgan fingerprint density at radius 1 is 0.913 bits per heavy atom. The van der Waals surface area contributed by atoms with Crippen molar-refractivity contribution in [1.29, 1.82) is 0 Å². The smallest absolute Gasteiger partial charge is 0.297 e. The number of hydrogen-bond donors (Lipinski definition) is 1. The van der Waals surface area contributed by atoms with Gasteiger partial charge in [0.1, 0.15) is 0 Å². The van der Waals surface area contributed by atoms with E-state index < -0.39 is 21.6 Å². The van der Waals surface area contributed by atoms with Gasteiger partial charge in [0.2, 0.25) is 18.1 Å². The third-order valence-electron chi connectivity index (χ3n) is 8.01. The van der Waals surface area contributed by atoms with Crippen LogP contribution in [0.15, 0.2) is 88.6 Å². The average Bonchev–Trinajstić information content (AvgIpc) is 3.06. The molecule has 1 saturated heterocycles. The lowest BCUT2D eigenvalue weighted by Gasteiger charge is -2.34. The zero-order chi connectivity index (χ0) is 33.1. The van der Waals surface area contributed by atoms with E-state index >= 15 is 0 Å². The van der Waals surface area contributed by atoms with E-state index in [0.29, 0.717) is 37.5 Å². The van der Waals surface area contributed by atoms with Crippen molar-refractivity contribution in [3.05, 3.63) is 100 Å². The number of amides is 1. The highest BCUT2D eigenvalue weighted by Gasteiger charge is 2.36. The van der Waals surface area contributed by atoms with Crippen molar-refractivity contribution in [2.45, 2.75) is 44.0 Å². The average molecular weight is 646 g/mol.